The van der Waals surface area contributed by atoms with Gasteiger partial charge in [-0.05, 0) is 19.1 Å². The van der Waals surface area contributed by atoms with Crippen LogP contribution < -0.4 is 15.8 Å². The van der Waals surface area contributed by atoms with Crippen molar-refractivity contribution in [3.05, 3.63) is 41.8 Å². The highest BCUT2D eigenvalue weighted by Crippen LogP contribution is 2.13. The normalized spacial score (nSPS) is 10.2. The summed E-state index contributed by atoms with van der Waals surface area (Å²) in [6.45, 7) is 2.48. The number of carbonyl (C=O) groups is 1. The molecule has 0 saturated heterocycles. The van der Waals surface area contributed by atoms with Crippen molar-refractivity contribution in [1.29, 1.82) is 0 Å². The van der Waals surface area contributed by atoms with Crippen molar-refractivity contribution in [2.45, 2.75) is 6.92 Å². The number of carbonyl (C=O) groups excluding carboxylic acids is 1. The van der Waals surface area contributed by atoms with E-state index in [0.29, 0.717) is 30.2 Å². The van der Waals surface area contributed by atoms with Gasteiger partial charge in [0.15, 0.2) is 0 Å². The van der Waals surface area contributed by atoms with E-state index in [9.17, 15) is 4.79 Å². The number of nitrogens with one attached hydrogen (secondary N) is 1. The summed E-state index contributed by atoms with van der Waals surface area (Å²) in [5.41, 5.74) is 6.96. The van der Waals surface area contributed by atoms with Gasteiger partial charge in [0.05, 0.1) is 12.7 Å². The van der Waals surface area contributed by atoms with Crippen LogP contribution in [0, 0.1) is 6.92 Å². The lowest BCUT2D eigenvalue weighted by molar-refractivity contribution is 0.0909. The molecule has 0 bridgehead atoms. The molecule has 100 valence electrons. The van der Waals surface area contributed by atoms with E-state index in [2.05, 4.69) is 10.5 Å². The van der Waals surface area contributed by atoms with Gasteiger partial charge in [0.1, 0.15) is 12.4 Å². The molecule has 0 unspecified atom stereocenters. The quantitative estimate of drug-likeness (QED) is 0.626. The number of benzene rings is 1. The SMILES string of the molecule is Cc1cnoc1C(=O)NCCOc1cccc(N)c1. The number of rotatable bonds is 5. The summed E-state index contributed by atoms with van der Waals surface area (Å²) in [7, 11) is 0. The highest BCUT2D eigenvalue weighted by molar-refractivity contribution is 5.92. The fourth-order valence-corrected chi connectivity index (χ4v) is 1.53. The third-order valence-electron chi connectivity index (χ3n) is 2.47. The van der Waals surface area contributed by atoms with E-state index in [1.165, 1.54) is 6.20 Å². The number of amides is 1. The second-order valence-electron chi connectivity index (χ2n) is 4.01. The molecule has 0 saturated carbocycles. The van der Waals surface area contributed by atoms with Crippen molar-refractivity contribution >= 4 is 11.6 Å². The molecule has 1 heterocycles. The van der Waals surface area contributed by atoms with Crippen LogP contribution in [0.15, 0.2) is 35.0 Å². The summed E-state index contributed by atoms with van der Waals surface area (Å²) in [5, 5.41) is 6.23. The number of aromatic nitrogens is 1. The molecule has 19 heavy (non-hydrogen) atoms. The topological polar surface area (TPSA) is 90.4 Å². The molecule has 6 nitrogen and oxygen atoms in total. The second kappa shape index (κ2) is 5.90. The third-order valence-corrected chi connectivity index (χ3v) is 2.47. The van der Waals surface area contributed by atoms with Crippen LogP contribution in [0.25, 0.3) is 0 Å². The Morgan fingerprint density at radius 2 is 2.37 bits per heavy atom. The van der Waals surface area contributed by atoms with Crippen molar-refractivity contribution in [3.8, 4) is 5.75 Å². The molecular formula is C13H15N3O3. The van der Waals surface area contributed by atoms with Crippen LogP contribution in [-0.4, -0.2) is 24.2 Å². The van der Waals surface area contributed by atoms with E-state index in [4.69, 9.17) is 15.0 Å². The fraction of sp³-hybridized carbons (Fsp3) is 0.231. The van der Waals surface area contributed by atoms with Crippen molar-refractivity contribution in [1.82, 2.24) is 10.5 Å². The minimum Gasteiger partial charge on any atom is -0.492 e. The highest BCUT2D eigenvalue weighted by Gasteiger charge is 2.12. The Labute approximate surface area is 110 Å². The van der Waals surface area contributed by atoms with Gasteiger partial charge < -0.3 is 20.3 Å². The average Bonchev–Trinajstić information content (AvgIpc) is 2.81. The van der Waals surface area contributed by atoms with Crippen LogP contribution in [0.1, 0.15) is 16.1 Å². The summed E-state index contributed by atoms with van der Waals surface area (Å²) in [5.74, 6) is 0.597. The van der Waals surface area contributed by atoms with Gasteiger partial charge in [0.25, 0.3) is 5.91 Å². The second-order valence-corrected chi connectivity index (χ2v) is 4.01. The van der Waals surface area contributed by atoms with E-state index in [1.54, 1.807) is 31.2 Å². The monoisotopic (exact) mass is 261 g/mol. The van der Waals surface area contributed by atoms with E-state index in [-0.39, 0.29) is 11.7 Å². The lowest BCUT2D eigenvalue weighted by Gasteiger charge is -2.07. The van der Waals surface area contributed by atoms with E-state index in [1.807, 2.05) is 0 Å². The Kier molecular flexibility index (Phi) is 4.02. The van der Waals surface area contributed by atoms with Crippen LogP contribution in [0.2, 0.25) is 0 Å². The number of nitrogens with two attached hydrogens (primary N) is 1. The zero-order valence-corrected chi connectivity index (χ0v) is 10.6. The Balaban J connectivity index is 1.75. The standard InChI is InChI=1S/C13H15N3O3/c1-9-8-16-19-12(9)13(17)15-5-6-18-11-4-2-3-10(14)7-11/h2-4,7-8H,5-6,14H2,1H3,(H,15,17). The molecule has 0 spiro atoms. The summed E-state index contributed by atoms with van der Waals surface area (Å²) >= 11 is 0. The summed E-state index contributed by atoms with van der Waals surface area (Å²) in [4.78, 5) is 11.7. The van der Waals surface area contributed by atoms with Crippen molar-refractivity contribution in [3.63, 3.8) is 0 Å². The first kappa shape index (κ1) is 12.9. The zero-order valence-electron chi connectivity index (χ0n) is 10.6. The molecule has 1 aromatic heterocycles. The highest BCUT2D eigenvalue weighted by atomic mass is 16.5. The van der Waals surface area contributed by atoms with Crippen molar-refractivity contribution < 1.29 is 14.1 Å². The average molecular weight is 261 g/mol. The molecule has 0 aliphatic rings. The largest absolute Gasteiger partial charge is 0.492 e. The summed E-state index contributed by atoms with van der Waals surface area (Å²) < 4.78 is 10.3. The predicted molar refractivity (Wildman–Crippen MR) is 69.9 cm³/mol. The predicted octanol–water partition coefficient (Wildman–Crippen LogP) is 1.37. The molecule has 0 aliphatic heterocycles. The smallest absolute Gasteiger partial charge is 0.290 e. The minimum absolute atomic E-state index is 0.226. The number of nitrogen functional groups attached to an aromatic ring is 1. The Hall–Kier alpha value is -2.50. The molecule has 0 radical (unpaired) electrons. The van der Waals surface area contributed by atoms with Crippen LogP contribution in [0.5, 0.6) is 5.75 Å². The molecule has 2 rings (SSSR count). The molecule has 1 amide bonds. The number of aryl methyl sites for hydroxylation is 1. The lowest BCUT2D eigenvalue weighted by atomic mass is 10.3. The van der Waals surface area contributed by atoms with Gasteiger partial charge in [-0.2, -0.15) is 0 Å². The third kappa shape index (κ3) is 3.48. The first-order chi connectivity index (χ1) is 9.16. The van der Waals surface area contributed by atoms with E-state index >= 15 is 0 Å². The molecule has 1 aromatic carbocycles. The first-order valence-electron chi connectivity index (χ1n) is 5.84. The first-order valence-corrected chi connectivity index (χ1v) is 5.84. The van der Waals surface area contributed by atoms with Crippen LogP contribution in [0.3, 0.4) is 0 Å². The Morgan fingerprint density at radius 3 is 3.05 bits per heavy atom. The van der Waals surface area contributed by atoms with Gasteiger partial charge in [0, 0.05) is 17.3 Å². The summed E-state index contributed by atoms with van der Waals surface area (Å²) in [6, 6.07) is 7.11. The van der Waals surface area contributed by atoms with E-state index < -0.39 is 0 Å². The minimum atomic E-state index is -0.300. The molecule has 3 N–H and O–H groups in total. The number of nitrogens with zero attached hydrogens (tertiary/aromatic N) is 1. The Morgan fingerprint density at radius 1 is 1.53 bits per heavy atom. The van der Waals surface area contributed by atoms with Gasteiger partial charge in [-0.15, -0.1) is 0 Å². The van der Waals surface area contributed by atoms with Crippen molar-refractivity contribution in [2.24, 2.45) is 0 Å². The number of hydrogen-bond donors (Lipinski definition) is 2. The molecule has 2 aromatic rings. The summed E-state index contributed by atoms with van der Waals surface area (Å²) in [6.07, 6.45) is 1.50. The van der Waals surface area contributed by atoms with Gasteiger partial charge in [0.2, 0.25) is 5.76 Å². The number of anilines is 1. The number of ether oxygens (including phenoxy) is 1. The maximum absolute atomic E-state index is 11.7. The molecule has 6 heteroatoms. The zero-order chi connectivity index (χ0) is 13.7. The maximum atomic E-state index is 11.7. The number of hydrogen-bond acceptors (Lipinski definition) is 5. The van der Waals surface area contributed by atoms with Crippen molar-refractivity contribution in [2.75, 3.05) is 18.9 Å². The van der Waals surface area contributed by atoms with Crippen LogP contribution >= 0.6 is 0 Å². The van der Waals surface area contributed by atoms with Gasteiger partial charge in [-0.3, -0.25) is 4.79 Å². The van der Waals surface area contributed by atoms with Gasteiger partial charge in [-0.1, -0.05) is 11.2 Å². The maximum Gasteiger partial charge on any atom is 0.290 e. The fourth-order valence-electron chi connectivity index (χ4n) is 1.53. The molecular weight excluding hydrogens is 246 g/mol. The molecule has 0 atom stereocenters. The molecule has 0 aliphatic carbocycles. The van der Waals surface area contributed by atoms with Crippen LogP contribution in [0.4, 0.5) is 5.69 Å². The van der Waals surface area contributed by atoms with Crippen LogP contribution in [-0.2, 0) is 0 Å². The van der Waals surface area contributed by atoms with E-state index in [0.717, 1.165) is 0 Å². The molecule has 0 fully saturated rings. The lowest BCUT2D eigenvalue weighted by Crippen LogP contribution is -2.28. The van der Waals surface area contributed by atoms with Gasteiger partial charge >= 0.3 is 0 Å². The van der Waals surface area contributed by atoms with Gasteiger partial charge in [-0.25, -0.2) is 0 Å². The Bertz CT molecular complexity index is 566.